The number of rotatable bonds is 1. The lowest BCUT2D eigenvalue weighted by Crippen LogP contribution is -2.50. The predicted molar refractivity (Wildman–Crippen MR) is 55.9 cm³/mol. The number of hydrogen-bond acceptors (Lipinski definition) is 2. The van der Waals surface area contributed by atoms with Crippen LogP contribution in [0.3, 0.4) is 0 Å². The third-order valence-corrected chi connectivity index (χ3v) is 3.60. The fraction of sp³-hybridized carbons (Fsp3) is 1.00. The van der Waals surface area contributed by atoms with E-state index >= 15 is 0 Å². The molecule has 0 aromatic rings. The van der Waals surface area contributed by atoms with E-state index in [1.807, 2.05) is 0 Å². The van der Waals surface area contributed by atoms with Gasteiger partial charge in [0, 0.05) is 6.04 Å². The van der Waals surface area contributed by atoms with Gasteiger partial charge in [-0.2, -0.15) is 0 Å². The van der Waals surface area contributed by atoms with Crippen LogP contribution in [0.1, 0.15) is 32.6 Å². The molecule has 2 fully saturated rings. The zero-order valence-corrected chi connectivity index (χ0v) is 8.76. The Labute approximate surface area is 81.7 Å². The molecular weight excluding hydrogens is 160 g/mol. The fourth-order valence-electron chi connectivity index (χ4n) is 2.79. The Bertz CT molecular complexity index is 152. The summed E-state index contributed by atoms with van der Waals surface area (Å²) in [4.78, 5) is 2.73. The zero-order valence-electron chi connectivity index (χ0n) is 8.76. The number of nitrogens with one attached hydrogen (secondary N) is 1. The summed E-state index contributed by atoms with van der Waals surface area (Å²) < 4.78 is 0. The third-order valence-electron chi connectivity index (χ3n) is 3.60. The van der Waals surface area contributed by atoms with Crippen LogP contribution in [0.2, 0.25) is 0 Å². The number of piperidine rings is 2. The van der Waals surface area contributed by atoms with E-state index in [2.05, 4.69) is 17.1 Å². The summed E-state index contributed by atoms with van der Waals surface area (Å²) in [7, 11) is 0. The van der Waals surface area contributed by atoms with Crippen molar-refractivity contribution in [2.24, 2.45) is 5.92 Å². The van der Waals surface area contributed by atoms with Gasteiger partial charge in [-0.15, -0.1) is 0 Å². The van der Waals surface area contributed by atoms with Crippen molar-refractivity contribution in [2.45, 2.75) is 38.6 Å². The molecule has 76 valence electrons. The standard InChI is InChI=1S/C11H22N2/c1-10-9-12-6-5-11(10)13-7-3-2-4-8-13/h10-12H,2-9H2,1H3/t10-,11+/m0/s1. The highest BCUT2D eigenvalue weighted by atomic mass is 15.2. The van der Waals surface area contributed by atoms with Crippen LogP contribution in [0.4, 0.5) is 0 Å². The summed E-state index contributed by atoms with van der Waals surface area (Å²) >= 11 is 0. The summed E-state index contributed by atoms with van der Waals surface area (Å²) in [5.41, 5.74) is 0. The number of nitrogens with zero attached hydrogens (tertiary/aromatic N) is 1. The normalized spacial score (nSPS) is 37.6. The van der Waals surface area contributed by atoms with Crippen LogP contribution in [0, 0.1) is 5.92 Å². The molecule has 2 atom stereocenters. The average molecular weight is 182 g/mol. The molecule has 2 aliphatic heterocycles. The van der Waals surface area contributed by atoms with Gasteiger partial charge in [0.15, 0.2) is 0 Å². The van der Waals surface area contributed by atoms with Crippen LogP contribution < -0.4 is 5.32 Å². The number of likely N-dealkylation sites (tertiary alicyclic amines) is 1. The Kier molecular flexibility index (Phi) is 3.23. The maximum absolute atomic E-state index is 3.48. The lowest BCUT2D eigenvalue weighted by atomic mass is 9.92. The monoisotopic (exact) mass is 182 g/mol. The van der Waals surface area contributed by atoms with E-state index in [-0.39, 0.29) is 0 Å². The first-order chi connectivity index (χ1) is 6.38. The molecule has 2 nitrogen and oxygen atoms in total. The Morgan fingerprint density at radius 1 is 1.15 bits per heavy atom. The van der Waals surface area contributed by atoms with Crippen molar-refractivity contribution in [1.29, 1.82) is 0 Å². The first-order valence-electron chi connectivity index (χ1n) is 5.82. The van der Waals surface area contributed by atoms with Gasteiger partial charge in [-0.1, -0.05) is 13.3 Å². The fourth-order valence-corrected chi connectivity index (χ4v) is 2.79. The minimum atomic E-state index is 0.854. The van der Waals surface area contributed by atoms with Gasteiger partial charge >= 0.3 is 0 Å². The van der Waals surface area contributed by atoms with E-state index in [0.29, 0.717) is 0 Å². The highest BCUT2D eigenvalue weighted by molar-refractivity contribution is 4.84. The maximum Gasteiger partial charge on any atom is 0.0145 e. The van der Waals surface area contributed by atoms with Gasteiger partial charge in [0.05, 0.1) is 0 Å². The van der Waals surface area contributed by atoms with Crippen molar-refractivity contribution in [1.82, 2.24) is 10.2 Å². The van der Waals surface area contributed by atoms with Crippen LogP contribution in [0.5, 0.6) is 0 Å². The van der Waals surface area contributed by atoms with Gasteiger partial charge in [0.1, 0.15) is 0 Å². The summed E-state index contributed by atoms with van der Waals surface area (Å²) in [5.74, 6) is 0.854. The van der Waals surface area contributed by atoms with Crippen molar-refractivity contribution in [3.05, 3.63) is 0 Å². The first-order valence-corrected chi connectivity index (χ1v) is 5.82. The molecule has 2 heterocycles. The molecule has 13 heavy (non-hydrogen) atoms. The largest absolute Gasteiger partial charge is 0.316 e. The van der Waals surface area contributed by atoms with E-state index in [1.165, 1.54) is 51.9 Å². The highest BCUT2D eigenvalue weighted by Gasteiger charge is 2.27. The smallest absolute Gasteiger partial charge is 0.0145 e. The lowest BCUT2D eigenvalue weighted by Gasteiger charge is -2.40. The molecule has 2 rings (SSSR count). The molecular formula is C11H22N2. The third kappa shape index (κ3) is 2.23. The molecule has 2 aliphatic rings. The summed E-state index contributed by atoms with van der Waals surface area (Å²) in [6.45, 7) is 7.56. The molecule has 0 spiro atoms. The van der Waals surface area contributed by atoms with Crippen LogP contribution in [0.15, 0.2) is 0 Å². The van der Waals surface area contributed by atoms with E-state index < -0.39 is 0 Å². The Morgan fingerprint density at radius 2 is 1.92 bits per heavy atom. The van der Waals surface area contributed by atoms with Gasteiger partial charge in [0.25, 0.3) is 0 Å². The molecule has 1 N–H and O–H groups in total. The highest BCUT2D eigenvalue weighted by Crippen LogP contribution is 2.21. The first kappa shape index (κ1) is 9.47. The summed E-state index contributed by atoms with van der Waals surface area (Å²) in [5, 5.41) is 3.48. The molecule has 0 unspecified atom stereocenters. The second-order valence-electron chi connectivity index (χ2n) is 4.63. The molecule has 2 heteroatoms. The van der Waals surface area contributed by atoms with Crippen molar-refractivity contribution in [2.75, 3.05) is 26.2 Å². The van der Waals surface area contributed by atoms with Gasteiger partial charge in [-0.05, 0) is 51.4 Å². The lowest BCUT2D eigenvalue weighted by molar-refractivity contribution is 0.0993. The van der Waals surface area contributed by atoms with Crippen molar-refractivity contribution < 1.29 is 0 Å². The summed E-state index contributed by atoms with van der Waals surface area (Å²) in [6.07, 6.45) is 5.67. The second kappa shape index (κ2) is 4.43. The quantitative estimate of drug-likeness (QED) is 0.660. The average Bonchev–Trinajstić information content (AvgIpc) is 2.20. The zero-order chi connectivity index (χ0) is 9.10. The number of hydrogen-bond donors (Lipinski definition) is 1. The van der Waals surface area contributed by atoms with Crippen molar-refractivity contribution in [3.8, 4) is 0 Å². The van der Waals surface area contributed by atoms with Crippen LogP contribution in [-0.4, -0.2) is 37.1 Å². The maximum atomic E-state index is 3.48. The van der Waals surface area contributed by atoms with Crippen LogP contribution >= 0.6 is 0 Å². The molecule has 0 aliphatic carbocycles. The van der Waals surface area contributed by atoms with Crippen LogP contribution in [-0.2, 0) is 0 Å². The summed E-state index contributed by atoms with van der Waals surface area (Å²) in [6, 6.07) is 0.876. The molecule has 2 saturated heterocycles. The van der Waals surface area contributed by atoms with Gasteiger partial charge in [0.2, 0.25) is 0 Å². The van der Waals surface area contributed by atoms with E-state index in [4.69, 9.17) is 0 Å². The van der Waals surface area contributed by atoms with Gasteiger partial charge in [-0.25, -0.2) is 0 Å². The van der Waals surface area contributed by atoms with E-state index in [0.717, 1.165) is 12.0 Å². The van der Waals surface area contributed by atoms with Gasteiger partial charge in [-0.3, -0.25) is 0 Å². The van der Waals surface area contributed by atoms with E-state index in [9.17, 15) is 0 Å². The second-order valence-corrected chi connectivity index (χ2v) is 4.63. The molecule has 0 aromatic carbocycles. The molecule has 0 saturated carbocycles. The molecule has 0 bridgehead atoms. The Balaban J connectivity index is 1.88. The van der Waals surface area contributed by atoms with Gasteiger partial charge < -0.3 is 10.2 Å². The molecule has 0 aromatic heterocycles. The Hall–Kier alpha value is -0.0800. The SMILES string of the molecule is C[C@H]1CNCC[C@H]1N1CCCCC1. The predicted octanol–water partition coefficient (Wildman–Crippen LogP) is 1.47. The van der Waals surface area contributed by atoms with Crippen molar-refractivity contribution in [3.63, 3.8) is 0 Å². The van der Waals surface area contributed by atoms with Crippen molar-refractivity contribution >= 4 is 0 Å². The Morgan fingerprint density at radius 3 is 2.62 bits per heavy atom. The minimum Gasteiger partial charge on any atom is -0.316 e. The van der Waals surface area contributed by atoms with E-state index in [1.54, 1.807) is 0 Å². The minimum absolute atomic E-state index is 0.854. The van der Waals surface area contributed by atoms with Crippen LogP contribution in [0.25, 0.3) is 0 Å². The molecule has 0 amide bonds. The topological polar surface area (TPSA) is 15.3 Å². The molecule has 0 radical (unpaired) electrons.